The number of hydrogen-bond donors (Lipinski definition) is 1. The zero-order chi connectivity index (χ0) is 14.0. The molecule has 1 heterocycles. The minimum atomic E-state index is -0.550. The molecule has 0 spiro atoms. The number of fused-ring (bicyclic) bond motifs is 1. The van der Waals surface area contributed by atoms with Crippen molar-refractivity contribution in [2.75, 3.05) is 14.1 Å². The number of para-hydroxylation sites is 1. The molecule has 2 rings (SSSR count). The molecular weight excluding hydrogens is 258 g/mol. The first kappa shape index (κ1) is 14.0. The fourth-order valence-corrected chi connectivity index (χ4v) is 2.87. The van der Waals surface area contributed by atoms with Gasteiger partial charge in [0.2, 0.25) is 5.91 Å². The number of thiazole rings is 1. The van der Waals surface area contributed by atoms with Crippen LogP contribution < -0.4 is 5.32 Å². The molecule has 0 bridgehead atoms. The highest BCUT2D eigenvalue weighted by Gasteiger charge is 2.28. The van der Waals surface area contributed by atoms with Crippen LogP contribution in [0.2, 0.25) is 0 Å². The maximum Gasteiger partial charge on any atom is 0.242 e. The number of rotatable bonds is 4. The molecule has 0 radical (unpaired) electrons. The topological polar surface area (TPSA) is 45.2 Å². The third-order valence-electron chi connectivity index (χ3n) is 3.22. The van der Waals surface area contributed by atoms with E-state index in [1.54, 1.807) is 23.3 Å². The third kappa shape index (κ3) is 2.93. The van der Waals surface area contributed by atoms with E-state index >= 15 is 0 Å². The Morgan fingerprint density at radius 1 is 1.42 bits per heavy atom. The zero-order valence-corrected chi connectivity index (χ0v) is 12.5. The van der Waals surface area contributed by atoms with Gasteiger partial charge in [0.05, 0.1) is 22.3 Å². The van der Waals surface area contributed by atoms with Crippen LogP contribution >= 0.6 is 11.3 Å². The van der Waals surface area contributed by atoms with E-state index in [2.05, 4.69) is 16.4 Å². The number of likely N-dealkylation sites (N-methyl/N-ethyl adjacent to an activating group) is 2. The van der Waals surface area contributed by atoms with Crippen molar-refractivity contribution < 1.29 is 4.79 Å². The fraction of sp³-hybridized carbons (Fsp3) is 0.429. The lowest BCUT2D eigenvalue weighted by Crippen LogP contribution is -2.51. The van der Waals surface area contributed by atoms with E-state index in [-0.39, 0.29) is 5.91 Å². The van der Waals surface area contributed by atoms with Crippen LogP contribution in [0.15, 0.2) is 24.3 Å². The van der Waals surface area contributed by atoms with Crippen LogP contribution in [0.25, 0.3) is 10.2 Å². The molecule has 0 saturated carbocycles. The van der Waals surface area contributed by atoms with Crippen molar-refractivity contribution in [2.45, 2.75) is 25.9 Å². The number of nitrogens with zero attached hydrogens (tertiary/aromatic N) is 2. The van der Waals surface area contributed by atoms with Gasteiger partial charge in [0.1, 0.15) is 5.01 Å². The van der Waals surface area contributed by atoms with E-state index in [1.165, 1.54) is 0 Å². The fourth-order valence-electron chi connectivity index (χ4n) is 1.85. The minimum absolute atomic E-state index is 0.0641. The van der Waals surface area contributed by atoms with Crippen LogP contribution in [0, 0.1) is 0 Å². The van der Waals surface area contributed by atoms with Gasteiger partial charge in [-0.2, -0.15) is 0 Å². The molecule has 0 aliphatic carbocycles. The first-order valence-electron chi connectivity index (χ1n) is 6.23. The van der Waals surface area contributed by atoms with Gasteiger partial charge in [-0.25, -0.2) is 4.98 Å². The Morgan fingerprint density at radius 2 is 2.11 bits per heavy atom. The Kier molecular flexibility index (Phi) is 3.87. The quantitative estimate of drug-likeness (QED) is 0.932. The molecule has 1 N–H and O–H groups in total. The van der Waals surface area contributed by atoms with Gasteiger partial charge in [0.15, 0.2) is 0 Å². The van der Waals surface area contributed by atoms with Crippen LogP contribution in [0.4, 0.5) is 0 Å². The average Bonchev–Trinajstić information content (AvgIpc) is 2.79. The van der Waals surface area contributed by atoms with Crippen molar-refractivity contribution in [3.05, 3.63) is 29.3 Å². The van der Waals surface area contributed by atoms with Crippen LogP contribution in [0.3, 0.4) is 0 Å². The van der Waals surface area contributed by atoms with Gasteiger partial charge in [-0.15, -0.1) is 11.3 Å². The average molecular weight is 277 g/mol. The van der Waals surface area contributed by atoms with E-state index < -0.39 is 5.54 Å². The summed E-state index contributed by atoms with van der Waals surface area (Å²) in [6.45, 7) is 4.30. The van der Waals surface area contributed by atoms with Crippen LogP contribution in [-0.2, 0) is 11.3 Å². The standard InChI is InChI=1S/C14H19N3OS/c1-14(2,15-3)13(18)17(4)9-12-16-10-7-5-6-8-11(10)19-12/h5-8,15H,9H2,1-4H3. The second-order valence-corrected chi connectivity index (χ2v) is 6.23. The molecular formula is C14H19N3OS. The summed E-state index contributed by atoms with van der Waals surface area (Å²) in [5.41, 5.74) is 0.446. The van der Waals surface area contributed by atoms with Gasteiger partial charge in [-0.05, 0) is 33.0 Å². The van der Waals surface area contributed by atoms with Gasteiger partial charge >= 0.3 is 0 Å². The maximum absolute atomic E-state index is 12.3. The summed E-state index contributed by atoms with van der Waals surface area (Å²) in [7, 11) is 3.61. The van der Waals surface area contributed by atoms with Crippen molar-refractivity contribution in [2.24, 2.45) is 0 Å². The Balaban J connectivity index is 2.14. The molecule has 102 valence electrons. The lowest BCUT2D eigenvalue weighted by Gasteiger charge is -2.28. The summed E-state index contributed by atoms with van der Waals surface area (Å²) in [5, 5.41) is 3.99. The first-order chi connectivity index (χ1) is 8.94. The Hall–Kier alpha value is -1.46. The summed E-state index contributed by atoms with van der Waals surface area (Å²) in [6.07, 6.45) is 0. The van der Waals surface area contributed by atoms with E-state index in [0.29, 0.717) is 6.54 Å². The Morgan fingerprint density at radius 3 is 2.74 bits per heavy atom. The Labute approximate surface area is 117 Å². The van der Waals surface area contributed by atoms with Crippen molar-refractivity contribution in [1.82, 2.24) is 15.2 Å². The van der Waals surface area contributed by atoms with Crippen LogP contribution in [0.1, 0.15) is 18.9 Å². The van der Waals surface area contributed by atoms with E-state index in [4.69, 9.17) is 0 Å². The summed E-state index contributed by atoms with van der Waals surface area (Å²) in [4.78, 5) is 18.5. The molecule has 0 saturated heterocycles. The van der Waals surface area contributed by atoms with Gasteiger partial charge in [0.25, 0.3) is 0 Å². The molecule has 0 aliphatic heterocycles. The van der Waals surface area contributed by atoms with Gasteiger partial charge in [0, 0.05) is 7.05 Å². The van der Waals surface area contributed by atoms with Gasteiger partial charge in [-0.3, -0.25) is 4.79 Å². The highest BCUT2D eigenvalue weighted by molar-refractivity contribution is 7.18. The van der Waals surface area contributed by atoms with Gasteiger partial charge < -0.3 is 10.2 Å². The number of benzene rings is 1. The van der Waals surface area contributed by atoms with Crippen molar-refractivity contribution in [1.29, 1.82) is 0 Å². The smallest absolute Gasteiger partial charge is 0.242 e. The highest BCUT2D eigenvalue weighted by atomic mass is 32.1. The number of carbonyl (C=O) groups is 1. The number of amides is 1. The van der Waals surface area contributed by atoms with Gasteiger partial charge in [-0.1, -0.05) is 12.1 Å². The van der Waals surface area contributed by atoms with Crippen molar-refractivity contribution in [3.8, 4) is 0 Å². The third-order valence-corrected chi connectivity index (χ3v) is 4.24. The van der Waals surface area contributed by atoms with E-state index in [0.717, 1.165) is 15.2 Å². The lowest BCUT2D eigenvalue weighted by atomic mass is 10.0. The lowest BCUT2D eigenvalue weighted by molar-refractivity contribution is -0.136. The van der Waals surface area contributed by atoms with E-state index in [9.17, 15) is 4.79 Å². The SMILES string of the molecule is CNC(C)(C)C(=O)N(C)Cc1nc2ccccc2s1. The van der Waals surface area contributed by atoms with Crippen molar-refractivity contribution >= 4 is 27.5 Å². The number of carbonyl (C=O) groups excluding carboxylic acids is 1. The largest absolute Gasteiger partial charge is 0.337 e. The first-order valence-corrected chi connectivity index (χ1v) is 7.04. The molecule has 1 aromatic carbocycles. The summed E-state index contributed by atoms with van der Waals surface area (Å²) < 4.78 is 1.16. The molecule has 5 heteroatoms. The predicted molar refractivity (Wildman–Crippen MR) is 79.2 cm³/mol. The van der Waals surface area contributed by atoms with E-state index in [1.807, 2.05) is 39.1 Å². The highest BCUT2D eigenvalue weighted by Crippen LogP contribution is 2.22. The minimum Gasteiger partial charge on any atom is -0.337 e. The normalized spacial score (nSPS) is 11.8. The molecule has 0 fully saturated rings. The van der Waals surface area contributed by atoms with Crippen LogP contribution in [0.5, 0.6) is 0 Å². The maximum atomic E-state index is 12.3. The Bertz CT molecular complexity index is 558. The molecule has 0 unspecified atom stereocenters. The summed E-state index contributed by atoms with van der Waals surface area (Å²) in [6, 6.07) is 8.03. The molecule has 4 nitrogen and oxygen atoms in total. The number of nitrogens with one attached hydrogen (secondary N) is 1. The monoisotopic (exact) mass is 277 g/mol. The molecule has 19 heavy (non-hydrogen) atoms. The molecule has 2 aromatic rings. The second kappa shape index (κ2) is 5.27. The van der Waals surface area contributed by atoms with Crippen molar-refractivity contribution in [3.63, 3.8) is 0 Å². The molecule has 0 atom stereocenters. The second-order valence-electron chi connectivity index (χ2n) is 5.11. The number of hydrogen-bond acceptors (Lipinski definition) is 4. The van der Waals surface area contributed by atoms with Crippen LogP contribution in [-0.4, -0.2) is 35.4 Å². The predicted octanol–water partition coefficient (Wildman–Crippen LogP) is 2.25. The number of aromatic nitrogens is 1. The molecule has 0 aliphatic rings. The summed E-state index contributed by atoms with van der Waals surface area (Å²) in [5.74, 6) is 0.0641. The summed E-state index contributed by atoms with van der Waals surface area (Å²) >= 11 is 1.64. The molecule has 1 amide bonds. The molecule has 1 aromatic heterocycles. The zero-order valence-electron chi connectivity index (χ0n) is 11.7.